The summed E-state index contributed by atoms with van der Waals surface area (Å²) in [4.78, 5) is 16.2. The summed E-state index contributed by atoms with van der Waals surface area (Å²) < 4.78 is 0. The lowest BCUT2D eigenvalue weighted by Gasteiger charge is -2.27. The van der Waals surface area contributed by atoms with Gasteiger partial charge in [0.05, 0.1) is 17.8 Å². The highest BCUT2D eigenvalue weighted by Crippen LogP contribution is 2.24. The summed E-state index contributed by atoms with van der Waals surface area (Å²) >= 11 is 0. The number of amides is 1. The molecule has 1 aliphatic rings. The average Bonchev–Trinajstić information content (AvgIpc) is 2.32. The van der Waals surface area contributed by atoms with Crippen molar-refractivity contribution < 1.29 is 4.79 Å². The van der Waals surface area contributed by atoms with Crippen LogP contribution in [0, 0.1) is 12.8 Å². The van der Waals surface area contributed by atoms with Crippen molar-refractivity contribution in [3.05, 3.63) is 24.0 Å². The third-order valence-corrected chi connectivity index (χ3v) is 3.34. The Balaban J connectivity index is 1.98. The molecule has 92 valence electrons. The van der Waals surface area contributed by atoms with Gasteiger partial charge in [0.1, 0.15) is 0 Å². The van der Waals surface area contributed by atoms with Crippen LogP contribution in [0.3, 0.4) is 0 Å². The van der Waals surface area contributed by atoms with E-state index in [-0.39, 0.29) is 17.9 Å². The minimum absolute atomic E-state index is 0.00200. The van der Waals surface area contributed by atoms with Gasteiger partial charge >= 0.3 is 0 Å². The predicted molar refractivity (Wildman–Crippen MR) is 67.5 cm³/mol. The van der Waals surface area contributed by atoms with Crippen molar-refractivity contribution in [1.82, 2.24) is 4.98 Å². The van der Waals surface area contributed by atoms with Crippen LogP contribution in [0.25, 0.3) is 0 Å². The van der Waals surface area contributed by atoms with Crippen LogP contribution < -0.4 is 11.1 Å². The number of rotatable bonds is 2. The topological polar surface area (TPSA) is 68.0 Å². The first-order valence-electron chi connectivity index (χ1n) is 6.16. The molecule has 0 spiro atoms. The second kappa shape index (κ2) is 5.27. The number of hydrogen-bond acceptors (Lipinski definition) is 3. The third kappa shape index (κ3) is 3.03. The number of aromatic nitrogens is 1. The molecular formula is C13H19N3O. The molecule has 2 rings (SSSR count). The van der Waals surface area contributed by atoms with Gasteiger partial charge in [-0.3, -0.25) is 9.78 Å². The summed E-state index contributed by atoms with van der Waals surface area (Å²) in [6.07, 6.45) is 5.76. The Morgan fingerprint density at radius 2 is 2.18 bits per heavy atom. The lowest BCUT2D eigenvalue weighted by Crippen LogP contribution is -2.40. The van der Waals surface area contributed by atoms with Crippen LogP contribution in [0.15, 0.2) is 18.3 Å². The number of hydrogen-bond donors (Lipinski definition) is 2. The quantitative estimate of drug-likeness (QED) is 0.819. The second-order valence-corrected chi connectivity index (χ2v) is 4.73. The SMILES string of the molecule is Cc1ccc(NC(=O)C2CCCCC2N)cn1. The number of anilines is 1. The van der Waals surface area contributed by atoms with Gasteiger partial charge in [-0.2, -0.15) is 0 Å². The number of nitrogens with zero attached hydrogens (tertiary/aromatic N) is 1. The molecule has 0 radical (unpaired) electrons. The molecule has 0 bridgehead atoms. The molecule has 1 amide bonds. The number of aryl methyl sites for hydroxylation is 1. The van der Waals surface area contributed by atoms with Gasteiger partial charge in [0.15, 0.2) is 0 Å². The maximum absolute atomic E-state index is 12.0. The summed E-state index contributed by atoms with van der Waals surface area (Å²) in [5.41, 5.74) is 7.67. The molecule has 4 heteroatoms. The largest absolute Gasteiger partial charge is 0.327 e. The summed E-state index contributed by atoms with van der Waals surface area (Å²) in [5.74, 6) is -0.0205. The lowest BCUT2D eigenvalue weighted by molar-refractivity contribution is -0.121. The molecule has 1 aromatic rings. The van der Waals surface area contributed by atoms with Crippen LogP contribution in [0.4, 0.5) is 5.69 Å². The van der Waals surface area contributed by atoms with Crippen molar-refractivity contribution in [1.29, 1.82) is 0 Å². The van der Waals surface area contributed by atoms with Gasteiger partial charge in [0.2, 0.25) is 5.91 Å². The normalized spacial score (nSPS) is 24.4. The Labute approximate surface area is 102 Å². The first-order chi connectivity index (χ1) is 8.16. The zero-order valence-corrected chi connectivity index (χ0v) is 10.1. The fraction of sp³-hybridized carbons (Fsp3) is 0.538. The number of carbonyl (C=O) groups is 1. The zero-order valence-electron chi connectivity index (χ0n) is 10.1. The highest BCUT2D eigenvalue weighted by molar-refractivity contribution is 5.92. The van der Waals surface area contributed by atoms with Crippen molar-refractivity contribution in [2.45, 2.75) is 38.6 Å². The van der Waals surface area contributed by atoms with Crippen molar-refractivity contribution in [3.8, 4) is 0 Å². The van der Waals surface area contributed by atoms with Crippen LogP contribution in [0.5, 0.6) is 0 Å². The molecular weight excluding hydrogens is 214 g/mol. The Morgan fingerprint density at radius 3 is 2.82 bits per heavy atom. The second-order valence-electron chi connectivity index (χ2n) is 4.73. The Bertz CT molecular complexity index is 388. The number of carbonyl (C=O) groups excluding carboxylic acids is 1. The van der Waals surface area contributed by atoms with Gasteiger partial charge in [0.25, 0.3) is 0 Å². The van der Waals surface area contributed by atoms with Gasteiger partial charge in [-0.25, -0.2) is 0 Å². The summed E-state index contributed by atoms with van der Waals surface area (Å²) in [7, 11) is 0. The first kappa shape index (κ1) is 12.0. The van der Waals surface area contributed by atoms with Crippen molar-refractivity contribution in [2.75, 3.05) is 5.32 Å². The van der Waals surface area contributed by atoms with E-state index in [1.165, 1.54) is 0 Å². The molecule has 0 aliphatic heterocycles. The molecule has 0 aromatic carbocycles. The van der Waals surface area contributed by atoms with E-state index in [0.29, 0.717) is 0 Å². The van der Waals surface area contributed by atoms with Crippen molar-refractivity contribution >= 4 is 11.6 Å². The summed E-state index contributed by atoms with van der Waals surface area (Å²) in [6, 6.07) is 3.76. The molecule has 4 nitrogen and oxygen atoms in total. The van der Waals surface area contributed by atoms with Gasteiger partial charge < -0.3 is 11.1 Å². The lowest BCUT2D eigenvalue weighted by atomic mass is 9.84. The van der Waals surface area contributed by atoms with E-state index >= 15 is 0 Å². The predicted octanol–water partition coefficient (Wildman–Crippen LogP) is 1.85. The fourth-order valence-corrected chi connectivity index (χ4v) is 2.26. The van der Waals surface area contributed by atoms with Crippen molar-refractivity contribution in [3.63, 3.8) is 0 Å². The smallest absolute Gasteiger partial charge is 0.229 e. The van der Waals surface area contributed by atoms with Crippen LogP contribution >= 0.6 is 0 Å². The summed E-state index contributed by atoms with van der Waals surface area (Å²) in [6.45, 7) is 1.92. The van der Waals surface area contributed by atoms with Crippen molar-refractivity contribution in [2.24, 2.45) is 11.7 Å². The molecule has 2 unspecified atom stereocenters. The first-order valence-corrected chi connectivity index (χ1v) is 6.16. The molecule has 3 N–H and O–H groups in total. The van der Waals surface area contributed by atoms with Crippen LogP contribution in [0.2, 0.25) is 0 Å². The molecule has 1 saturated carbocycles. The monoisotopic (exact) mass is 233 g/mol. The average molecular weight is 233 g/mol. The minimum atomic E-state index is -0.0509. The number of nitrogens with two attached hydrogens (primary N) is 1. The zero-order chi connectivity index (χ0) is 12.3. The number of nitrogens with one attached hydrogen (secondary N) is 1. The third-order valence-electron chi connectivity index (χ3n) is 3.34. The molecule has 2 atom stereocenters. The standard InChI is InChI=1S/C13H19N3O/c1-9-6-7-10(8-15-9)16-13(17)11-4-2-3-5-12(11)14/h6-8,11-12H,2-5,14H2,1H3,(H,16,17). The van der Waals surface area contributed by atoms with Crippen LogP contribution in [0.1, 0.15) is 31.4 Å². The van der Waals surface area contributed by atoms with E-state index in [9.17, 15) is 4.79 Å². The van der Waals surface area contributed by atoms with E-state index in [1.807, 2.05) is 19.1 Å². The fourth-order valence-electron chi connectivity index (χ4n) is 2.26. The van der Waals surface area contributed by atoms with E-state index in [0.717, 1.165) is 37.1 Å². The molecule has 1 heterocycles. The van der Waals surface area contributed by atoms with Crippen LogP contribution in [-0.4, -0.2) is 16.9 Å². The van der Waals surface area contributed by atoms with E-state index < -0.39 is 0 Å². The van der Waals surface area contributed by atoms with E-state index in [1.54, 1.807) is 6.20 Å². The van der Waals surface area contributed by atoms with Gasteiger partial charge in [-0.15, -0.1) is 0 Å². The highest BCUT2D eigenvalue weighted by Gasteiger charge is 2.28. The van der Waals surface area contributed by atoms with Gasteiger partial charge in [0, 0.05) is 11.7 Å². The molecule has 1 aromatic heterocycles. The maximum atomic E-state index is 12.0. The Hall–Kier alpha value is -1.42. The Morgan fingerprint density at radius 1 is 1.41 bits per heavy atom. The van der Waals surface area contributed by atoms with E-state index in [4.69, 9.17) is 5.73 Å². The Kier molecular flexibility index (Phi) is 3.74. The summed E-state index contributed by atoms with van der Waals surface area (Å²) in [5, 5.41) is 2.89. The van der Waals surface area contributed by atoms with Gasteiger partial charge in [-0.1, -0.05) is 12.8 Å². The van der Waals surface area contributed by atoms with Crippen LogP contribution in [-0.2, 0) is 4.79 Å². The molecule has 1 fully saturated rings. The maximum Gasteiger partial charge on any atom is 0.229 e. The highest BCUT2D eigenvalue weighted by atomic mass is 16.1. The van der Waals surface area contributed by atoms with E-state index in [2.05, 4.69) is 10.3 Å². The minimum Gasteiger partial charge on any atom is -0.327 e. The molecule has 0 saturated heterocycles. The molecule has 17 heavy (non-hydrogen) atoms. The van der Waals surface area contributed by atoms with Gasteiger partial charge in [-0.05, 0) is 31.9 Å². The number of pyridine rings is 1. The molecule has 1 aliphatic carbocycles.